The number of benzene rings is 2. The summed E-state index contributed by atoms with van der Waals surface area (Å²) >= 11 is 6.80. The van der Waals surface area contributed by atoms with Crippen LogP contribution in [0.2, 0.25) is 0 Å². The standard InChI is InChI=1S/C23H23ClN2O4S/c1-17-5-11-20(12-6-17)31(29,30)25-15-21(23(16-25)13-3-2-4-14-23)22(24)18-7-9-19(10-8-18)26(27)28/h3,5-13H,2,4,14-16H2,1H3/b22-21+. The first kappa shape index (κ1) is 21.7. The summed E-state index contributed by atoms with van der Waals surface area (Å²) in [6.07, 6.45) is 6.88. The molecule has 1 spiro atoms. The summed E-state index contributed by atoms with van der Waals surface area (Å²) in [5, 5.41) is 11.4. The van der Waals surface area contributed by atoms with Crippen molar-refractivity contribution in [2.45, 2.75) is 31.1 Å². The molecular formula is C23H23ClN2O4S. The number of hydrogen-bond donors (Lipinski definition) is 0. The second-order valence-electron chi connectivity index (χ2n) is 8.13. The fourth-order valence-corrected chi connectivity index (χ4v) is 6.18. The van der Waals surface area contributed by atoms with Crippen molar-refractivity contribution in [1.82, 2.24) is 4.31 Å². The second kappa shape index (κ2) is 8.22. The van der Waals surface area contributed by atoms with Gasteiger partial charge in [0.1, 0.15) is 0 Å². The van der Waals surface area contributed by atoms with Gasteiger partial charge in [0.15, 0.2) is 0 Å². The summed E-state index contributed by atoms with van der Waals surface area (Å²) in [7, 11) is -3.68. The van der Waals surface area contributed by atoms with Gasteiger partial charge >= 0.3 is 0 Å². The average Bonchev–Trinajstić information content (AvgIpc) is 3.13. The topological polar surface area (TPSA) is 80.5 Å². The molecule has 1 fully saturated rings. The Morgan fingerprint density at radius 2 is 1.81 bits per heavy atom. The molecule has 4 rings (SSSR count). The second-order valence-corrected chi connectivity index (χ2v) is 10.4. The first-order valence-electron chi connectivity index (χ1n) is 10.1. The normalized spacial score (nSPS) is 23.3. The molecule has 1 aliphatic heterocycles. The molecule has 2 aromatic rings. The number of halogens is 1. The van der Waals surface area contributed by atoms with Gasteiger partial charge in [-0.25, -0.2) is 8.42 Å². The van der Waals surface area contributed by atoms with Crippen molar-refractivity contribution < 1.29 is 13.3 Å². The summed E-state index contributed by atoms with van der Waals surface area (Å²) in [4.78, 5) is 10.8. The maximum atomic E-state index is 13.4. The van der Waals surface area contributed by atoms with Crippen LogP contribution in [-0.4, -0.2) is 30.7 Å². The Morgan fingerprint density at radius 1 is 1.13 bits per heavy atom. The summed E-state index contributed by atoms with van der Waals surface area (Å²) in [5.74, 6) is 0. The van der Waals surface area contributed by atoms with Gasteiger partial charge in [-0.1, -0.05) is 41.4 Å². The van der Waals surface area contributed by atoms with Crippen molar-refractivity contribution in [3.05, 3.63) is 87.5 Å². The molecule has 2 aliphatic rings. The third-order valence-corrected chi connectivity index (χ3v) is 8.33. The number of rotatable bonds is 4. The molecule has 8 heteroatoms. The lowest BCUT2D eigenvalue weighted by molar-refractivity contribution is -0.384. The Morgan fingerprint density at radius 3 is 2.39 bits per heavy atom. The maximum Gasteiger partial charge on any atom is 0.269 e. The number of nitrogens with zero attached hydrogens (tertiary/aromatic N) is 2. The van der Waals surface area contributed by atoms with E-state index in [-0.39, 0.29) is 17.1 Å². The first-order valence-corrected chi connectivity index (χ1v) is 11.9. The highest BCUT2D eigenvalue weighted by Gasteiger charge is 2.46. The van der Waals surface area contributed by atoms with Crippen molar-refractivity contribution in [3.63, 3.8) is 0 Å². The molecule has 0 saturated carbocycles. The number of non-ortho nitro benzene ring substituents is 1. The molecule has 6 nitrogen and oxygen atoms in total. The van der Waals surface area contributed by atoms with E-state index in [1.54, 1.807) is 36.4 Å². The van der Waals surface area contributed by atoms with Gasteiger partial charge in [0, 0.05) is 35.7 Å². The molecule has 0 radical (unpaired) electrons. The zero-order chi connectivity index (χ0) is 22.2. The third-order valence-electron chi connectivity index (χ3n) is 6.08. The molecule has 1 heterocycles. The number of hydrogen-bond acceptors (Lipinski definition) is 4. The fraction of sp³-hybridized carbons (Fsp3) is 0.304. The van der Waals surface area contributed by atoms with Crippen molar-refractivity contribution >= 4 is 32.3 Å². The summed E-state index contributed by atoms with van der Waals surface area (Å²) in [6.45, 7) is 2.44. The van der Waals surface area contributed by atoms with Crippen molar-refractivity contribution in [2.24, 2.45) is 5.41 Å². The largest absolute Gasteiger partial charge is 0.269 e. The van der Waals surface area contributed by atoms with E-state index in [1.165, 1.54) is 16.4 Å². The van der Waals surface area contributed by atoms with Gasteiger partial charge in [-0.2, -0.15) is 4.31 Å². The highest BCUT2D eigenvalue weighted by Crippen LogP contribution is 2.49. The lowest BCUT2D eigenvalue weighted by Gasteiger charge is -2.31. The molecule has 1 aliphatic carbocycles. The molecule has 0 bridgehead atoms. The van der Waals surface area contributed by atoms with E-state index in [9.17, 15) is 18.5 Å². The van der Waals surface area contributed by atoms with Crippen molar-refractivity contribution in [1.29, 1.82) is 0 Å². The molecule has 0 aromatic heterocycles. The van der Waals surface area contributed by atoms with Crippen LogP contribution < -0.4 is 0 Å². The average molecular weight is 459 g/mol. The van der Waals surface area contributed by atoms with Gasteiger partial charge in [-0.05, 0) is 61.6 Å². The molecular weight excluding hydrogens is 436 g/mol. The van der Waals surface area contributed by atoms with Crippen LogP contribution >= 0.6 is 11.6 Å². The van der Waals surface area contributed by atoms with Gasteiger partial charge in [-0.3, -0.25) is 10.1 Å². The molecule has 1 unspecified atom stereocenters. The van der Waals surface area contributed by atoms with Crippen LogP contribution in [-0.2, 0) is 10.0 Å². The molecule has 31 heavy (non-hydrogen) atoms. The minimum Gasteiger partial charge on any atom is -0.258 e. The molecule has 1 saturated heterocycles. The van der Waals surface area contributed by atoms with Gasteiger partial charge < -0.3 is 0 Å². The number of nitro groups is 1. The van der Waals surface area contributed by atoms with Gasteiger partial charge in [0.25, 0.3) is 5.69 Å². The zero-order valence-corrected chi connectivity index (χ0v) is 18.7. The summed E-state index contributed by atoms with van der Waals surface area (Å²) in [5.41, 5.74) is 2.01. The SMILES string of the molecule is Cc1ccc(S(=O)(=O)N2C/C(=C(\Cl)c3ccc([N+](=O)[O-])cc3)C3(C=CCCC3)C2)cc1. The van der Waals surface area contributed by atoms with E-state index < -0.39 is 20.4 Å². The molecule has 0 N–H and O–H groups in total. The Hall–Kier alpha value is -2.48. The summed E-state index contributed by atoms with van der Waals surface area (Å²) in [6, 6.07) is 12.9. The third kappa shape index (κ3) is 4.05. The van der Waals surface area contributed by atoms with E-state index in [4.69, 9.17) is 11.6 Å². The predicted octanol–water partition coefficient (Wildman–Crippen LogP) is 5.28. The zero-order valence-electron chi connectivity index (χ0n) is 17.1. The highest BCUT2D eigenvalue weighted by atomic mass is 35.5. The fourth-order valence-electron chi connectivity index (χ4n) is 4.33. The van der Waals surface area contributed by atoms with Crippen LogP contribution in [0.1, 0.15) is 30.4 Å². The smallest absolute Gasteiger partial charge is 0.258 e. The molecule has 1 atom stereocenters. The van der Waals surface area contributed by atoms with E-state index in [1.807, 2.05) is 6.92 Å². The predicted molar refractivity (Wildman–Crippen MR) is 121 cm³/mol. The van der Waals surface area contributed by atoms with Crippen molar-refractivity contribution in [3.8, 4) is 0 Å². The van der Waals surface area contributed by atoms with Gasteiger partial charge in [0.2, 0.25) is 10.0 Å². The van der Waals surface area contributed by atoms with E-state index >= 15 is 0 Å². The quantitative estimate of drug-likeness (QED) is 0.354. The first-order chi connectivity index (χ1) is 14.7. The van der Waals surface area contributed by atoms with Gasteiger partial charge in [0.05, 0.1) is 9.82 Å². The van der Waals surface area contributed by atoms with Crippen LogP contribution in [0.3, 0.4) is 0 Å². The number of aryl methyl sites for hydroxylation is 1. The Balaban J connectivity index is 1.76. The van der Waals surface area contributed by atoms with Crippen LogP contribution in [0.25, 0.3) is 5.03 Å². The molecule has 162 valence electrons. The van der Waals surface area contributed by atoms with E-state index in [2.05, 4.69) is 12.2 Å². The monoisotopic (exact) mass is 458 g/mol. The number of nitro benzene ring substituents is 1. The minimum absolute atomic E-state index is 0.0134. The number of sulfonamides is 1. The van der Waals surface area contributed by atoms with Gasteiger partial charge in [-0.15, -0.1) is 0 Å². The lowest BCUT2D eigenvalue weighted by Crippen LogP contribution is -2.32. The Bertz CT molecular complexity index is 1170. The molecule has 0 amide bonds. The highest BCUT2D eigenvalue weighted by molar-refractivity contribution is 7.89. The Kier molecular flexibility index (Phi) is 5.77. The summed E-state index contributed by atoms with van der Waals surface area (Å²) < 4.78 is 28.2. The molecule has 2 aromatic carbocycles. The van der Waals surface area contributed by atoms with E-state index in [0.717, 1.165) is 30.4 Å². The number of allylic oxidation sites excluding steroid dienone is 1. The van der Waals surface area contributed by atoms with Crippen LogP contribution in [0.4, 0.5) is 5.69 Å². The Labute approximate surface area is 187 Å². The van der Waals surface area contributed by atoms with Crippen molar-refractivity contribution in [2.75, 3.05) is 13.1 Å². The van der Waals surface area contributed by atoms with Crippen LogP contribution in [0.15, 0.2) is 71.2 Å². The van der Waals surface area contributed by atoms with Crippen LogP contribution in [0.5, 0.6) is 0 Å². The maximum absolute atomic E-state index is 13.4. The minimum atomic E-state index is -3.68. The lowest BCUT2D eigenvalue weighted by atomic mass is 9.74. The van der Waals surface area contributed by atoms with Crippen LogP contribution in [0, 0.1) is 22.5 Å². The van der Waals surface area contributed by atoms with E-state index in [0.29, 0.717) is 17.1 Å².